The van der Waals surface area contributed by atoms with Crippen molar-refractivity contribution in [3.8, 4) is 17.2 Å². The number of morpholine rings is 1. The summed E-state index contributed by atoms with van der Waals surface area (Å²) in [6.45, 7) is 5.39. The highest BCUT2D eigenvalue weighted by atomic mass is 127. The van der Waals surface area contributed by atoms with Crippen molar-refractivity contribution in [2.24, 2.45) is 12.0 Å². The van der Waals surface area contributed by atoms with Crippen LogP contribution in [0.5, 0.6) is 17.2 Å². The number of aliphatic imine (C=N–C) groups is 1. The number of ether oxygens (including phenoxy) is 4. The van der Waals surface area contributed by atoms with Gasteiger partial charge in [-0.3, -0.25) is 4.68 Å². The minimum absolute atomic E-state index is 0. The average Bonchev–Trinajstić information content (AvgIpc) is 3.22. The Morgan fingerprint density at radius 1 is 1.23 bits per heavy atom. The van der Waals surface area contributed by atoms with E-state index in [0.29, 0.717) is 36.9 Å². The Hall–Kier alpha value is -2.21. The highest BCUT2D eigenvalue weighted by molar-refractivity contribution is 14.0. The molecule has 1 aromatic carbocycles. The zero-order valence-electron chi connectivity index (χ0n) is 18.8. The molecule has 1 aliphatic heterocycles. The minimum Gasteiger partial charge on any atom is -0.493 e. The van der Waals surface area contributed by atoms with Crippen molar-refractivity contribution in [1.82, 2.24) is 20.0 Å². The number of benzene rings is 1. The molecule has 3 rings (SSSR count). The quantitative estimate of drug-likeness (QED) is 0.326. The maximum Gasteiger partial charge on any atom is 0.203 e. The first kappa shape index (κ1) is 25.1. The van der Waals surface area contributed by atoms with Crippen LogP contribution >= 0.6 is 24.0 Å². The molecule has 1 saturated heterocycles. The van der Waals surface area contributed by atoms with Gasteiger partial charge in [0, 0.05) is 37.5 Å². The minimum atomic E-state index is -0.0353. The summed E-state index contributed by atoms with van der Waals surface area (Å²) in [4.78, 5) is 7.08. The van der Waals surface area contributed by atoms with Crippen LogP contribution in [0, 0.1) is 0 Å². The second-order valence-corrected chi connectivity index (χ2v) is 6.92. The lowest BCUT2D eigenvalue weighted by molar-refractivity contribution is -0.00805. The van der Waals surface area contributed by atoms with Crippen LogP contribution in [0.4, 0.5) is 0 Å². The summed E-state index contributed by atoms with van der Waals surface area (Å²) in [6.07, 6.45) is 3.81. The fourth-order valence-electron chi connectivity index (χ4n) is 3.52. The summed E-state index contributed by atoms with van der Waals surface area (Å²) in [7, 11) is 6.74. The maximum atomic E-state index is 5.96. The summed E-state index contributed by atoms with van der Waals surface area (Å²) in [5.41, 5.74) is 1.99. The van der Waals surface area contributed by atoms with E-state index in [4.69, 9.17) is 23.9 Å². The van der Waals surface area contributed by atoms with Crippen molar-refractivity contribution in [2.75, 3.05) is 47.6 Å². The molecule has 1 atom stereocenters. The molecule has 0 bridgehead atoms. The fourth-order valence-corrected chi connectivity index (χ4v) is 3.52. The van der Waals surface area contributed by atoms with Crippen LogP contribution in [0.15, 0.2) is 29.5 Å². The van der Waals surface area contributed by atoms with E-state index in [1.165, 1.54) is 0 Å². The van der Waals surface area contributed by atoms with Gasteiger partial charge in [-0.1, -0.05) is 0 Å². The zero-order valence-corrected chi connectivity index (χ0v) is 21.1. The van der Waals surface area contributed by atoms with Crippen LogP contribution in [0.2, 0.25) is 0 Å². The molecule has 0 radical (unpaired) electrons. The number of aromatic nitrogens is 2. The smallest absolute Gasteiger partial charge is 0.203 e. The monoisotopic (exact) mass is 545 g/mol. The maximum absolute atomic E-state index is 5.96. The van der Waals surface area contributed by atoms with Crippen LogP contribution in [0.1, 0.15) is 24.2 Å². The van der Waals surface area contributed by atoms with Crippen molar-refractivity contribution in [3.05, 3.63) is 35.7 Å². The standard InChI is InChI=1S/C21H31N5O4.HI/c1-6-22-21(26-9-10-30-18(14-26)16-12-24-25(2)13-16)23-11-15-7-8-17(27-3)20(29-5)19(15)28-4;/h7-8,12-13,18H,6,9-11,14H2,1-5H3,(H,22,23);1H. The van der Waals surface area contributed by atoms with Crippen molar-refractivity contribution in [3.63, 3.8) is 0 Å². The Morgan fingerprint density at radius 3 is 2.61 bits per heavy atom. The molecule has 1 unspecified atom stereocenters. The van der Waals surface area contributed by atoms with Gasteiger partial charge in [0.2, 0.25) is 5.75 Å². The molecule has 2 heterocycles. The molecule has 1 aromatic heterocycles. The number of aryl methyl sites for hydroxylation is 1. The average molecular weight is 545 g/mol. The zero-order chi connectivity index (χ0) is 21.5. The summed E-state index contributed by atoms with van der Waals surface area (Å²) >= 11 is 0. The molecule has 10 heteroatoms. The van der Waals surface area contributed by atoms with Gasteiger partial charge in [0.05, 0.1) is 47.2 Å². The molecule has 1 fully saturated rings. The first-order valence-corrected chi connectivity index (χ1v) is 10.0. The first-order valence-electron chi connectivity index (χ1n) is 10.0. The lowest BCUT2D eigenvalue weighted by Crippen LogP contribution is -2.48. The van der Waals surface area contributed by atoms with Gasteiger partial charge in [0.15, 0.2) is 17.5 Å². The largest absolute Gasteiger partial charge is 0.493 e. The van der Waals surface area contributed by atoms with Crippen molar-refractivity contribution < 1.29 is 18.9 Å². The summed E-state index contributed by atoms with van der Waals surface area (Å²) in [5, 5.41) is 7.65. The van der Waals surface area contributed by atoms with Gasteiger partial charge in [-0.05, 0) is 19.1 Å². The SMILES string of the molecule is CCNC(=NCc1ccc(OC)c(OC)c1OC)N1CCOC(c2cnn(C)c2)C1.I. The van der Waals surface area contributed by atoms with Gasteiger partial charge in [-0.15, -0.1) is 24.0 Å². The Bertz CT molecular complexity index is 873. The molecular weight excluding hydrogens is 513 g/mol. The van der Waals surface area contributed by atoms with Gasteiger partial charge >= 0.3 is 0 Å². The molecule has 0 amide bonds. The summed E-state index contributed by atoms with van der Waals surface area (Å²) < 4.78 is 24.2. The van der Waals surface area contributed by atoms with Crippen LogP contribution in [-0.2, 0) is 18.3 Å². The van der Waals surface area contributed by atoms with Crippen molar-refractivity contribution >= 4 is 29.9 Å². The normalized spacial score (nSPS) is 16.5. The number of nitrogens with zero attached hydrogens (tertiary/aromatic N) is 4. The fraction of sp³-hybridized carbons (Fsp3) is 0.524. The molecule has 9 nitrogen and oxygen atoms in total. The highest BCUT2D eigenvalue weighted by Crippen LogP contribution is 2.40. The van der Waals surface area contributed by atoms with E-state index in [-0.39, 0.29) is 30.1 Å². The van der Waals surface area contributed by atoms with Crippen molar-refractivity contribution in [2.45, 2.75) is 19.6 Å². The van der Waals surface area contributed by atoms with Gasteiger partial charge in [0.25, 0.3) is 0 Å². The molecule has 0 spiro atoms. The molecule has 1 aliphatic rings. The molecule has 31 heavy (non-hydrogen) atoms. The Balaban J connectivity index is 0.00000341. The van der Waals surface area contributed by atoms with Gasteiger partial charge in [-0.25, -0.2) is 4.99 Å². The van der Waals surface area contributed by atoms with Gasteiger partial charge in [0.1, 0.15) is 6.10 Å². The van der Waals surface area contributed by atoms with E-state index in [1.807, 2.05) is 31.6 Å². The number of guanidine groups is 1. The molecule has 172 valence electrons. The summed E-state index contributed by atoms with van der Waals surface area (Å²) in [5.74, 6) is 2.67. The van der Waals surface area contributed by atoms with E-state index in [9.17, 15) is 0 Å². The number of hydrogen-bond donors (Lipinski definition) is 1. The third kappa shape index (κ3) is 5.94. The lowest BCUT2D eigenvalue weighted by Gasteiger charge is -2.34. The van der Waals surface area contributed by atoms with E-state index >= 15 is 0 Å². The Labute approximate surface area is 200 Å². The predicted octanol–water partition coefficient (Wildman–Crippen LogP) is 2.60. The number of nitrogens with one attached hydrogen (secondary N) is 1. The van der Waals surface area contributed by atoms with Crippen LogP contribution < -0.4 is 19.5 Å². The Morgan fingerprint density at radius 2 is 2.00 bits per heavy atom. The molecule has 0 saturated carbocycles. The molecule has 0 aliphatic carbocycles. The molecule has 1 N–H and O–H groups in total. The van der Waals surface area contributed by atoms with E-state index in [0.717, 1.165) is 30.2 Å². The van der Waals surface area contributed by atoms with Gasteiger partial charge < -0.3 is 29.2 Å². The Kier molecular flexibility index (Phi) is 9.69. The van der Waals surface area contributed by atoms with E-state index < -0.39 is 0 Å². The van der Waals surface area contributed by atoms with Crippen LogP contribution in [0.3, 0.4) is 0 Å². The van der Waals surface area contributed by atoms with Crippen LogP contribution in [-0.4, -0.2) is 68.2 Å². The van der Waals surface area contributed by atoms with E-state index in [2.05, 4.69) is 22.2 Å². The second-order valence-electron chi connectivity index (χ2n) is 6.92. The highest BCUT2D eigenvalue weighted by Gasteiger charge is 2.25. The van der Waals surface area contributed by atoms with Crippen LogP contribution in [0.25, 0.3) is 0 Å². The second kappa shape index (κ2) is 12.0. The third-order valence-corrected chi connectivity index (χ3v) is 4.98. The number of methoxy groups -OCH3 is 3. The third-order valence-electron chi connectivity index (χ3n) is 4.98. The van der Waals surface area contributed by atoms with E-state index in [1.54, 1.807) is 26.0 Å². The number of rotatable bonds is 7. The summed E-state index contributed by atoms with van der Waals surface area (Å²) in [6, 6.07) is 3.82. The lowest BCUT2D eigenvalue weighted by atomic mass is 10.1. The van der Waals surface area contributed by atoms with Gasteiger partial charge in [-0.2, -0.15) is 5.10 Å². The number of halogens is 1. The molecule has 2 aromatic rings. The predicted molar refractivity (Wildman–Crippen MR) is 130 cm³/mol. The number of hydrogen-bond acceptors (Lipinski definition) is 6. The molecular formula is C21H32IN5O4. The topological polar surface area (TPSA) is 82.4 Å². The first-order chi connectivity index (χ1) is 14.6. The van der Waals surface area contributed by atoms with Crippen molar-refractivity contribution in [1.29, 1.82) is 0 Å².